The number of hydrogen-bond acceptors (Lipinski definition) is 0. The summed E-state index contributed by atoms with van der Waals surface area (Å²) >= 11 is 0. The van der Waals surface area contributed by atoms with Gasteiger partial charge in [0.05, 0.1) is 0 Å². The largest absolute Gasteiger partial charge is 0.412 e. The SMILES string of the molecule is C=CC.O.[Ar]. The molecule has 0 aliphatic carbocycles. The van der Waals surface area contributed by atoms with Gasteiger partial charge in [-0.2, -0.15) is 0 Å². The Morgan fingerprint density at radius 3 is 1.60 bits per heavy atom. The normalized spacial score (nSPS) is 2.60. The van der Waals surface area contributed by atoms with Gasteiger partial charge in [-0.3, -0.25) is 0 Å². The standard InChI is InChI=1S/C3H6.Ar.H2O/c1-3-2;;/h3H,1H2,2H3;;1H2. The average molecular weight is 100 g/mol. The third-order valence-corrected chi connectivity index (χ3v) is 0. The van der Waals surface area contributed by atoms with Crippen LogP contribution in [-0.4, -0.2) is 5.48 Å². The smallest absolute Gasteiger partial charge is 0 e. The second kappa shape index (κ2) is 20.2. The van der Waals surface area contributed by atoms with Crippen molar-refractivity contribution in [3.05, 3.63) is 12.7 Å². The molecule has 0 atom stereocenters. The van der Waals surface area contributed by atoms with Crippen LogP contribution >= 0.6 is 0 Å². The van der Waals surface area contributed by atoms with E-state index in [-0.39, 0.29) is 43.2 Å². The maximum atomic E-state index is 3.36. The Bertz CT molecular complexity index is 14.4. The summed E-state index contributed by atoms with van der Waals surface area (Å²) in [6, 6.07) is 0. The summed E-state index contributed by atoms with van der Waals surface area (Å²) in [5.41, 5.74) is 0. The summed E-state index contributed by atoms with van der Waals surface area (Å²) in [4.78, 5) is 0. The maximum Gasteiger partial charge on any atom is 0 e. The second-order valence-corrected chi connectivity index (χ2v) is 0.408. The predicted octanol–water partition coefficient (Wildman–Crippen LogP) is 0.368. The first kappa shape index (κ1) is 16.7. The van der Waals surface area contributed by atoms with Gasteiger partial charge in [-0.1, -0.05) is 6.08 Å². The summed E-state index contributed by atoms with van der Waals surface area (Å²) < 4.78 is 0. The van der Waals surface area contributed by atoms with Gasteiger partial charge in [0, 0.05) is 37.7 Å². The fourth-order valence-corrected chi connectivity index (χ4v) is 0. The fraction of sp³-hybridized carbons (Fsp3) is 0.333. The predicted molar refractivity (Wildman–Crippen MR) is 19.5 cm³/mol. The average Bonchev–Trinajstić information content (AvgIpc) is 0.918. The van der Waals surface area contributed by atoms with E-state index in [2.05, 4.69) is 6.58 Å². The second-order valence-electron chi connectivity index (χ2n) is 0.408. The van der Waals surface area contributed by atoms with Gasteiger partial charge in [-0.05, 0) is 6.92 Å². The molecule has 2 N–H and O–H groups in total. The molecule has 2 heteroatoms. The molecule has 0 unspecified atom stereocenters. The van der Waals surface area contributed by atoms with E-state index in [0.717, 1.165) is 0 Å². The van der Waals surface area contributed by atoms with Gasteiger partial charge >= 0.3 is 0 Å². The van der Waals surface area contributed by atoms with Gasteiger partial charge in [0.15, 0.2) is 0 Å². The van der Waals surface area contributed by atoms with E-state index in [1.54, 1.807) is 6.08 Å². The molecule has 0 saturated heterocycles. The van der Waals surface area contributed by atoms with Crippen LogP contribution in [-0.2, 0) is 0 Å². The first-order valence-electron chi connectivity index (χ1n) is 0.986. The minimum atomic E-state index is 0. The molecular formula is C3H8ArO. The molecule has 0 aromatic rings. The Balaban J connectivity index is -0.0000000200. The Kier molecular flexibility index (Phi) is 67.8. The summed E-state index contributed by atoms with van der Waals surface area (Å²) in [5, 5.41) is 0. The molecule has 5 heavy (non-hydrogen) atoms. The molecule has 0 aliphatic heterocycles. The van der Waals surface area contributed by atoms with Crippen LogP contribution in [0.1, 0.15) is 6.92 Å². The molecule has 0 fully saturated rings. The van der Waals surface area contributed by atoms with Crippen molar-refractivity contribution in [1.29, 1.82) is 0 Å². The first-order valence-corrected chi connectivity index (χ1v) is 0.986. The zero-order valence-electron chi connectivity index (χ0n) is 3.14. The van der Waals surface area contributed by atoms with Gasteiger partial charge in [-0.25, -0.2) is 0 Å². The minimum Gasteiger partial charge on any atom is -0.412 e. The fourth-order valence-electron chi connectivity index (χ4n) is 0. The van der Waals surface area contributed by atoms with E-state index >= 15 is 0 Å². The molecule has 0 heterocycles. The van der Waals surface area contributed by atoms with Crippen molar-refractivity contribution in [2.24, 2.45) is 0 Å². The van der Waals surface area contributed by atoms with Crippen molar-refractivity contribution in [2.75, 3.05) is 0 Å². The van der Waals surface area contributed by atoms with E-state index in [1.807, 2.05) is 6.92 Å². The van der Waals surface area contributed by atoms with Crippen molar-refractivity contribution in [3.8, 4) is 0 Å². The molecule has 0 rings (SSSR count). The number of allylic oxidation sites excluding steroid dienone is 1. The first-order chi connectivity index (χ1) is 1.41. The van der Waals surface area contributed by atoms with Gasteiger partial charge in [0.1, 0.15) is 0 Å². The van der Waals surface area contributed by atoms with Crippen LogP contribution in [0, 0.1) is 37.7 Å². The van der Waals surface area contributed by atoms with Crippen LogP contribution in [0.3, 0.4) is 0 Å². The van der Waals surface area contributed by atoms with Gasteiger partial charge in [-0.15, -0.1) is 6.58 Å². The van der Waals surface area contributed by atoms with E-state index in [1.165, 1.54) is 0 Å². The van der Waals surface area contributed by atoms with Crippen molar-refractivity contribution >= 4 is 0 Å². The molecule has 1 nitrogen and oxygen atoms in total. The van der Waals surface area contributed by atoms with Crippen LogP contribution in [0.25, 0.3) is 0 Å². The zero-order valence-corrected chi connectivity index (χ0v) is 3.85. The van der Waals surface area contributed by atoms with Crippen LogP contribution in [0.4, 0.5) is 0 Å². The van der Waals surface area contributed by atoms with Gasteiger partial charge < -0.3 is 5.48 Å². The molecule has 0 aromatic heterocycles. The molecule has 0 spiro atoms. The third kappa shape index (κ3) is 47.2. The molecule has 0 aromatic carbocycles. The molecule has 34 valence electrons. The summed E-state index contributed by atoms with van der Waals surface area (Å²) in [6.07, 6.45) is 1.75. The molecule has 0 saturated carbocycles. The Labute approximate surface area is 62.4 Å². The van der Waals surface area contributed by atoms with Crippen molar-refractivity contribution in [2.45, 2.75) is 6.92 Å². The minimum absolute atomic E-state index is 0. The van der Waals surface area contributed by atoms with Crippen LogP contribution in [0.15, 0.2) is 12.7 Å². The molecule has 0 aliphatic rings. The monoisotopic (exact) mass is 100 g/mol. The molecule has 0 amide bonds. The molecular weight excluding hydrogens is 92.0 g/mol. The molecule has 0 radical (unpaired) electrons. The van der Waals surface area contributed by atoms with E-state index in [4.69, 9.17) is 0 Å². The topological polar surface area (TPSA) is 31.5 Å². The van der Waals surface area contributed by atoms with Gasteiger partial charge in [0.25, 0.3) is 0 Å². The summed E-state index contributed by atoms with van der Waals surface area (Å²) in [7, 11) is 0. The quantitative estimate of drug-likeness (QED) is 0.394. The van der Waals surface area contributed by atoms with Crippen LogP contribution in [0.2, 0.25) is 0 Å². The van der Waals surface area contributed by atoms with E-state index < -0.39 is 0 Å². The third-order valence-electron chi connectivity index (χ3n) is 0. The van der Waals surface area contributed by atoms with Gasteiger partial charge in [0.2, 0.25) is 0 Å². The summed E-state index contributed by atoms with van der Waals surface area (Å²) in [5.74, 6) is 0. The van der Waals surface area contributed by atoms with Crippen LogP contribution < -0.4 is 0 Å². The zero-order chi connectivity index (χ0) is 2.71. The van der Waals surface area contributed by atoms with Crippen molar-refractivity contribution < 1.29 is 43.2 Å². The Morgan fingerprint density at radius 1 is 1.60 bits per heavy atom. The number of rotatable bonds is 0. The van der Waals surface area contributed by atoms with Crippen molar-refractivity contribution in [3.63, 3.8) is 0 Å². The van der Waals surface area contributed by atoms with E-state index in [9.17, 15) is 0 Å². The summed E-state index contributed by atoms with van der Waals surface area (Å²) in [6.45, 7) is 5.25. The number of hydrogen-bond donors (Lipinski definition) is 0. The maximum absolute atomic E-state index is 3.36. The van der Waals surface area contributed by atoms with Crippen molar-refractivity contribution in [1.82, 2.24) is 0 Å². The van der Waals surface area contributed by atoms with E-state index in [0.29, 0.717) is 0 Å². The Morgan fingerprint density at radius 2 is 1.60 bits per heavy atom. The van der Waals surface area contributed by atoms with Crippen LogP contribution in [0.5, 0.6) is 0 Å². The molecule has 0 bridgehead atoms. The Hall–Kier alpha value is 0.960.